The number of hydrogen-bond donors (Lipinski definition) is 0. The highest BCUT2D eigenvalue weighted by atomic mass is 79.9. The van der Waals surface area contributed by atoms with Gasteiger partial charge in [-0.25, -0.2) is 8.42 Å². The van der Waals surface area contributed by atoms with Gasteiger partial charge >= 0.3 is 0 Å². The Morgan fingerprint density at radius 2 is 1.76 bits per heavy atom. The van der Waals surface area contributed by atoms with E-state index in [0.717, 1.165) is 20.1 Å². The first-order valence-electron chi connectivity index (χ1n) is 7.43. The molecule has 0 N–H and O–H groups in total. The fraction of sp³-hybridized carbons (Fsp3) is 0.111. The highest BCUT2D eigenvalue weighted by molar-refractivity contribution is 9.10. The molecule has 25 heavy (non-hydrogen) atoms. The van der Waals surface area contributed by atoms with Gasteiger partial charge in [-0.2, -0.15) is 0 Å². The zero-order valence-electron chi connectivity index (χ0n) is 13.2. The topological polar surface area (TPSA) is 46.6 Å². The molecular weight excluding hydrogens is 470 g/mol. The lowest BCUT2D eigenvalue weighted by Gasteiger charge is -2.30. The molecule has 1 heterocycles. The standard InChI is InChI=1S/C18H15Br2NO3S/c1-2-9-24-18-12-25(22,23)21(11-13-3-5-14(19)6-4-13)17-8-7-15(20)10-16(17)18/h2-8,10,12H,1,9,11H2. The van der Waals surface area contributed by atoms with Crippen molar-refractivity contribution >= 4 is 53.3 Å². The lowest BCUT2D eigenvalue weighted by Crippen LogP contribution is -2.32. The van der Waals surface area contributed by atoms with Crippen molar-refractivity contribution in [2.45, 2.75) is 6.54 Å². The molecule has 0 amide bonds. The van der Waals surface area contributed by atoms with Crippen LogP contribution < -0.4 is 4.31 Å². The molecule has 0 saturated heterocycles. The SMILES string of the molecule is C=CCOC1=CS(=O)(=O)N(Cc2ccc(Br)cc2)c2ccc(Br)cc21. The van der Waals surface area contributed by atoms with Crippen molar-refractivity contribution in [1.82, 2.24) is 0 Å². The minimum absolute atomic E-state index is 0.236. The zero-order valence-corrected chi connectivity index (χ0v) is 17.1. The van der Waals surface area contributed by atoms with Gasteiger partial charge in [0.1, 0.15) is 12.4 Å². The number of benzene rings is 2. The smallest absolute Gasteiger partial charge is 0.261 e. The van der Waals surface area contributed by atoms with E-state index in [-0.39, 0.29) is 13.2 Å². The Labute approximate surface area is 164 Å². The van der Waals surface area contributed by atoms with Gasteiger partial charge in [0, 0.05) is 14.5 Å². The molecule has 0 spiro atoms. The Morgan fingerprint density at radius 1 is 1.08 bits per heavy atom. The van der Waals surface area contributed by atoms with Crippen LogP contribution in [0.2, 0.25) is 0 Å². The summed E-state index contributed by atoms with van der Waals surface area (Å²) in [7, 11) is -3.65. The predicted octanol–water partition coefficient (Wildman–Crippen LogP) is 5.06. The van der Waals surface area contributed by atoms with E-state index < -0.39 is 10.0 Å². The number of rotatable bonds is 5. The largest absolute Gasteiger partial charge is 0.488 e. The van der Waals surface area contributed by atoms with Crippen molar-refractivity contribution in [3.05, 3.63) is 80.6 Å². The molecule has 0 aromatic heterocycles. The summed E-state index contributed by atoms with van der Waals surface area (Å²) in [5.41, 5.74) is 2.21. The predicted molar refractivity (Wildman–Crippen MR) is 108 cm³/mol. The Bertz CT molecular complexity index is 937. The van der Waals surface area contributed by atoms with Gasteiger partial charge < -0.3 is 4.74 Å². The minimum atomic E-state index is -3.65. The number of sulfonamides is 1. The van der Waals surface area contributed by atoms with Crippen molar-refractivity contribution < 1.29 is 13.2 Å². The van der Waals surface area contributed by atoms with Crippen LogP contribution >= 0.6 is 31.9 Å². The molecule has 0 unspecified atom stereocenters. The first-order chi connectivity index (χ1) is 11.9. The number of hydrogen-bond acceptors (Lipinski definition) is 3. The average molecular weight is 485 g/mol. The second-order valence-corrected chi connectivity index (χ2v) is 8.96. The van der Waals surface area contributed by atoms with Crippen LogP contribution in [0.25, 0.3) is 5.76 Å². The summed E-state index contributed by atoms with van der Waals surface area (Å²) in [6.07, 6.45) is 1.58. The Hall–Kier alpha value is -1.57. The summed E-state index contributed by atoms with van der Waals surface area (Å²) in [6.45, 7) is 4.09. The minimum Gasteiger partial charge on any atom is -0.488 e. The molecule has 130 valence electrons. The van der Waals surface area contributed by atoms with Crippen molar-refractivity contribution in [3.8, 4) is 0 Å². The number of fused-ring (bicyclic) bond motifs is 1. The van der Waals surface area contributed by atoms with Gasteiger partial charge in [-0.3, -0.25) is 4.31 Å². The van der Waals surface area contributed by atoms with E-state index in [1.807, 2.05) is 36.4 Å². The average Bonchev–Trinajstić information content (AvgIpc) is 2.57. The lowest BCUT2D eigenvalue weighted by atomic mass is 10.1. The molecule has 0 bridgehead atoms. The maximum Gasteiger partial charge on any atom is 0.261 e. The quantitative estimate of drug-likeness (QED) is 0.557. The summed E-state index contributed by atoms with van der Waals surface area (Å²) in [5, 5.41) is 1.17. The van der Waals surface area contributed by atoms with E-state index in [0.29, 0.717) is 11.4 Å². The maximum absolute atomic E-state index is 12.8. The number of ether oxygens (including phenoxy) is 1. The Kier molecular flexibility index (Phi) is 5.36. The Balaban J connectivity index is 2.06. The molecule has 1 aliphatic heterocycles. The van der Waals surface area contributed by atoms with Crippen LogP contribution in [0, 0.1) is 0 Å². The van der Waals surface area contributed by atoms with Gasteiger partial charge in [-0.15, -0.1) is 0 Å². The molecule has 7 heteroatoms. The van der Waals surface area contributed by atoms with E-state index in [2.05, 4.69) is 38.4 Å². The zero-order chi connectivity index (χ0) is 18.0. The molecule has 2 aromatic rings. The molecule has 0 radical (unpaired) electrons. The van der Waals surface area contributed by atoms with E-state index in [1.54, 1.807) is 12.1 Å². The van der Waals surface area contributed by atoms with Gasteiger partial charge in [-0.05, 0) is 35.9 Å². The number of halogens is 2. The van der Waals surface area contributed by atoms with Crippen LogP contribution in [0.4, 0.5) is 5.69 Å². The molecule has 0 saturated carbocycles. The third-order valence-corrected chi connectivity index (χ3v) is 6.13. The second kappa shape index (κ2) is 7.35. The van der Waals surface area contributed by atoms with Crippen molar-refractivity contribution in [2.75, 3.05) is 10.9 Å². The normalized spacial score (nSPS) is 15.3. The summed E-state index contributed by atoms with van der Waals surface area (Å²) in [6, 6.07) is 13.0. The summed E-state index contributed by atoms with van der Waals surface area (Å²) >= 11 is 6.82. The summed E-state index contributed by atoms with van der Waals surface area (Å²) < 4.78 is 34.4. The van der Waals surface area contributed by atoms with Crippen molar-refractivity contribution in [3.63, 3.8) is 0 Å². The van der Waals surface area contributed by atoms with E-state index in [4.69, 9.17) is 4.74 Å². The number of anilines is 1. The summed E-state index contributed by atoms with van der Waals surface area (Å²) in [4.78, 5) is 0. The molecule has 4 nitrogen and oxygen atoms in total. The van der Waals surface area contributed by atoms with Crippen LogP contribution in [0.5, 0.6) is 0 Å². The van der Waals surface area contributed by atoms with Crippen LogP contribution in [0.1, 0.15) is 11.1 Å². The first kappa shape index (κ1) is 18.2. The fourth-order valence-electron chi connectivity index (χ4n) is 2.51. The summed E-state index contributed by atoms with van der Waals surface area (Å²) in [5.74, 6) is 0.322. The van der Waals surface area contributed by atoms with E-state index >= 15 is 0 Å². The monoisotopic (exact) mass is 483 g/mol. The highest BCUT2D eigenvalue weighted by Crippen LogP contribution is 2.38. The van der Waals surface area contributed by atoms with Crippen molar-refractivity contribution in [1.29, 1.82) is 0 Å². The van der Waals surface area contributed by atoms with Gasteiger partial charge in [0.25, 0.3) is 10.0 Å². The van der Waals surface area contributed by atoms with Crippen LogP contribution in [-0.4, -0.2) is 15.0 Å². The molecular formula is C18H15Br2NO3S. The van der Waals surface area contributed by atoms with Gasteiger partial charge in [-0.1, -0.05) is 56.6 Å². The second-order valence-electron chi connectivity index (χ2n) is 5.42. The van der Waals surface area contributed by atoms with Crippen molar-refractivity contribution in [2.24, 2.45) is 0 Å². The van der Waals surface area contributed by atoms with Gasteiger partial charge in [0.15, 0.2) is 0 Å². The van der Waals surface area contributed by atoms with Crippen LogP contribution in [0.3, 0.4) is 0 Å². The van der Waals surface area contributed by atoms with Crippen LogP contribution in [-0.2, 0) is 21.3 Å². The van der Waals surface area contributed by atoms with Gasteiger partial charge in [0.2, 0.25) is 0 Å². The van der Waals surface area contributed by atoms with E-state index in [1.165, 1.54) is 9.71 Å². The highest BCUT2D eigenvalue weighted by Gasteiger charge is 2.31. The lowest BCUT2D eigenvalue weighted by molar-refractivity contribution is 0.320. The molecule has 0 aliphatic carbocycles. The van der Waals surface area contributed by atoms with Gasteiger partial charge in [0.05, 0.1) is 17.6 Å². The fourth-order valence-corrected chi connectivity index (χ4v) is 4.49. The molecule has 3 rings (SSSR count). The molecule has 0 fully saturated rings. The first-order valence-corrected chi connectivity index (χ1v) is 10.5. The van der Waals surface area contributed by atoms with Crippen LogP contribution in [0.15, 0.2) is 69.5 Å². The molecule has 1 aliphatic rings. The molecule has 0 atom stereocenters. The molecule has 2 aromatic carbocycles. The third-order valence-electron chi connectivity index (χ3n) is 3.65. The van der Waals surface area contributed by atoms with E-state index in [9.17, 15) is 8.42 Å². The Morgan fingerprint density at radius 3 is 2.44 bits per heavy atom. The third kappa shape index (κ3) is 3.99. The maximum atomic E-state index is 12.8. The number of nitrogens with zero attached hydrogens (tertiary/aromatic N) is 1.